The minimum atomic E-state index is -1.32. The molecule has 0 aliphatic carbocycles. The van der Waals surface area contributed by atoms with Gasteiger partial charge >= 0.3 is 0 Å². The summed E-state index contributed by atoms with van der Waals surface area (Å²) >= 11 is 3.44. The van der Waals surface area contributed by atoms with Crippen LogP contribution in [-0.4, -0.2) is 34.0 Å². The number of hydrogen-bond acceptors (Lipinski definition) is 6. The highest BCUT2D eigenvalue weighted by Crippen LogP contribution is 2.26. The number of halogens is 2. The molecule has 8 heteroatoms. The molecular formula is C28H27BrFN3O3. The molecule has 0 fully saturated rings. The minimum Gasteiger partial charge on any atom is -0.368 e. The summed E-state index contributed by atoms with van der Waals surface area (Å²) in [7, 11) is 0. The lowest BCUT2D eigenvalue weighted by Gasteiger charge is -2.25. The van der Waals surface area contributed by atoms with Crippen LogP contribution in [0.3, 0.4) is 0 Å². The van der Waals surface area contributed by atoms with E-state index >= 15 is 0 Å². The third kappa shape index (κ3) is 7.10. The summed E-state index contributed by atoms with van der Waals surface area (Å²) in [6.45, 7) is 0.535. The van der Waals surface area contributed by atoms with Gasteiger partial charge in [-0.25, -0.2) is 9.38 Å². The number of nitrogens with zero attached hydrogens (tertiary/aromatic N) is 3. The highest BCUT2D eigenvalue weighted by atomic mass is 79.9. The van der Waals surface area contributed by atoms with Crippen LogP contribution in [-0.2, 0) is 0 Å². The second-order valence-electron chi connectivity index (χ2n) is 8.31. The van der Waals surface area contributed by atoms with Gasteiger partial charge in [-0.15, -0.1) is 0 Å². The first-order valence-corrected chi connectivity index (χ1v) is 12.5. The van der Waals surface area contributed by atoms with Crippen LogP contribution in [0, 0.1) is 5.82 Å². The molecule has 3 aromatic rings. The van der Waals surface area contributed by atoms with E-state index in [0.29, 0.717) is 37.3 Å². The Hall–Kier alpha value is -3.33. The smallest absolute Gasteiger partial charge is 0.167 e. The molecule has 36 heavy (non-hydrogen) atoms. The number of aromatic nitrogens is 1. The van der Waals surface area contributed by atoms with Crippen LogP contribution in [0.4, 0.5) is 10.1 Å². The molecule has 0 atom stereocenters. The van der Waals surface area contributed by atoms with Gasteiger partial charge in [0.05, 0.1) is 0 Å². The molecule has 0 bridgehead atoms. The number of benzene rings is 2. The highest BCUT2D eigenvalue weighted by molar-refractivity contribution is 9.10. The molecule has 0 radical (unpaired) electrons. The van der Waals surface area contributed by atoms with Crippen LogP contribution >= 0.6 is 15.9 Å². The summed E-state index contributed by atoms with van der Waals surface area (Å²) in [6.07, 6.45) is 10.5. The molecule has 186 valence electrons. The molecule has 4 rings (SSSR count). The van der Waals surface area contributed by atoms with E-state index in [-0.39, 0.29) is 5.82 Å². The topological polar surface area (TPSA) is 82.1 Å². The minimum absolute atomic E-state index is 0.298. The number of rotatable bonds is 8. The fraction of sp³-hybridized carbons (Fsp3) is 0.214. The van der Waals surface area contributed by atoms with Gasteiger partial charge in [-0.1, -0.05) is 51.4 Å². The van der Waals surface area contributed by atoms with Crippen molar-refractivity contribution in [3.63, 3.8) is 0 Å². The Bertz CT molecular complexity index is 1260. The van der Waals surface area contributed by atoms with E-state index in [0.717, 1.165) is 33.6 Å². The largest absolute Gasteiger partial charge is 0.368 e. The van der Waals surface area contributed by atoms with Crippen molar-refractivity contribution < 1.29 is 19.1 Å². The molecule has 1 aliphatic rings. The number of anilines is 1. The van der Waals surface area contributed by atoms with Crippen LogP contribution < -0.4 is 4.90 Å². The molecule has 0 spiro atoms. The van der Waals surface area contributed by atoms with Gasteiger partial charge in [0.2, 0.25) is 0 Å². The predicted molar refractivity (Wildman–Crippen MR) is 144 cm³/mol. The van der Waals surface area contributed by atoms with Crippen molar-refractivity contribution in [2.45, 2.75) is 32.0 Å². The first-order chi connectivity index (χ1) is 17.5. The Kier molecular flexibility index (Phi) is 9.00. The van der Waals surface area contributed by atoms with E-state index in [9.17, 15) is 4.39 Å². The van der Waals surface area contributed by atoms with E-state index in [4.69, 9.17) is 19.7 Å². The van der Waals surface area contributed by atoms with Gasteiger partial charge in [0.25, 0.3) is 0 Å². The first-order valence-electron chi connectivity index (χ1n) is 11.7. The molecule has 0 amide bonds. The van der Waals surface area contributed by atoms with Crippen LogP contribution in [0.25, 0.3) is 16.9 Å². The van der Waals surface area contributed by atoms with Crippen LogP contribution in [0.2, 0.25) is 0 Å². The SMILES string of the molecule is OC(O)CCCCC1=N/C=C/C(c2cc(-c3ccc(Br)cc3)on2)=C\C=C\CN1c1ccc(F)cc1. The van der Waals surface area contributed by atoms with E-state index in [1.807, 2.05) is 59.5 Å². The maximum Gasteiger partial charge on any atom is 0.167 e. The average molecular weight is 552 g/mol. The second kappa shape index (κ2) is 12.6. The zero-order valence-corrected chi connectivity index (χ0v) is 21.2. The van der Waals surface area contributed by atoms with Crippen LogP contribution in [0.15, 0.2) is 99.1 Å². The summed E-state index contributed by atoms with van der Waals surface area (Å²) in [5, 5.41) is 22.6. The maximum atomic E-state index is 13.5. The zero-order valence-electron chi connectivity index (χ0n) is 19.6. The monoisotopic (exact) mass is 551 g/mol. The van der Waals surface area contributed by atoms with Crippen LogP contribution in [0.1, 0.15) is 31.4 Å². The maximum absolute atomic E-state index is 13.5. The Balaban J connectivity index is 1.58. The summed E-state index contributed by atoms with van der Waals surface area (Å²) in [4.78, 5) is 6.76. The van der Waals surface area contributed by atoms with Gasteiger partial charge in [-0.05, 0) is 61.7 Å². The van der Waals surface area contributed by atoms with Crippen molar-refractivity contribution in [2.75, 3.05) is 11.4 Å². The predicted octanol–water partition coefficient (Wildman–Crippen LogP) is 6.49. The molecule has 2 aromatic carbocycles. The van der Waals surface area contributed by atoms with E-state index in [1.165, 1.54) is 12.1 Å². The van der Waals surface area contributed by atoms with Gasteiger partial charge < -0.3 is 19.6 Å². The summed E-state index contributed by atoms with van der Waals surface area (Å²) in [5.74, 6) is 1.17. The van der Waals surface area contributed by atoms with E-state index < -0.39 is 6.29 Å². The van der Waals surface area contributed by atoms with Gasteiger partial charge in [0.1, 0.15) is 17.3 Å². The van der Waals surface area contributed by atoms with Crippen molar-refractivity contribution >= 4 is 33.0 Å². The second-order valence-corrected chi connectivity index (χ2v) is 9.22. The van der Waals surface area contributed by atoms with Crippen molar-refractivity contribution in [3.05, 3.63) is 101 Å². The molecule has 2 N–H and O–H groups in total. The first kappa shape index (κ1) is 25.8. The number of amidine groups is 1. The molecule has 1 aromatic heterocycles. The average Bonchev–Trinajstić information content (AvgIpc) is 3.36. The van der Waals surface area contributed by atoms with Crippen molar-refractivity contribution in [2.24, 2.45) is 4.99 Å². The Morgan fingerprint density at radius 3 is 2.58 bits per heavy atom. The quantitative estimate of drug-likeness (QED) is 0.247. The van der Waals surface area contributed by atoms with Gasteiger partial charge in [0, 0.05) is 46.5 Å². The third-order valence-electron chi connectivity index (χ3n) is 5.67. The van der Waals surface area contributed by atoms with E-state index in [2.05, 4.69) is 21.1 Å². The van der Waals surface area contributed by atoms with Gasteiger partial charge in [-0.3, -0.25) is 0 Å². The third-order valence-corrected chi connectivity index (χ3v) is 6.20. The lowest BCUT2D eigenvalue weighted by molar-refractivity contribution is -0.0464. The molecule has 6 nitrogen and oxygen atoms in total. The number of hydrogen-bond donors (Lipinski definition) is 2. The standard InChI is InChI=1S/C28H27BrFN3O3/c29-22-10-8-21(9-11-22)26-19-25(32-36-26)20-5-3-4-18-33(24-14-12-23(30)13-15-24)27(31-17-16-20)6-1-2-7-28(34)35/h3-5,8-17,19,28,34-35H,1-2,6-7,18H2/b4-3+,17-16+,20-5+,31-27?. The summed E-state index contributed by atoms with van der Waals surface area (Å²) in [5.41, 5.74) is 3.30. The molecule has 0 saturated heterocycles. The van der Waals surface area contributed by atoms with Gasteiger partial charge in [-0.2, -0.15) is 0 Å². The molecule has 0 unspecified atom stereocenters. The molecular weight excluding hydrogens is 525 g/mol. The van der Waals surface area contributed by atoms with Crippen molar-refractivity contribution in [1.29, 1.82) is 0 Å². The number of aliphatic hydroxyl groups is 2. The lowest BCUT2D eigenvalue weighted by atomic mass is 10.1. The Labute approximate surface area is 217 Å². The van der Waals surface area contributed by atoms with E-state index in [1.54, 1.807) is 18.3 Å². The molecule has 2 heterocycles. The summed E-state index contributed by atoms with van der Waals surface area (Å²) < 4.78 is 20.1. The summed E-state index contributed by atoms with van der Waals surface area (Å²) in [6, 6.07) is 16.0. The Morgan fingerprint density at radius 2 is 1.83 bits per heavy atom. The van der Waals surface area contributed by atoms with Gasteiger partial charge in [0.15, 0.2) is 12.1 Å². The number of aliphatic hydroxyl groups excluding tert-OH is 1. The lowest BCUT2D eigenvalue weighted by Crippen LogP contribution is -2.31. The van der Waals surface area contributed by atoms with Crippen molar-refractivity contribution in [1.82, 2.24) is 5.16 Å². The molecule has 1 aliphatic heterocycles. The fourth-order valence-electron chi connectivity index (χ4n) is 3.79. The zero-order chi connectivity index (χ0) is 25.3. The fourth-order valence-corrected chi connectivity index (χ4v) is 4.05. The number of aliphatic imine (C=N–C) groups is 1. The van der Waals surface area contributed by atoms with Crippen LogP contribution in [0.5, 0.6) is 0 Å². The molecule has 0 saturated carbocycles. The van der Waals surface area contributed by atoms with Crippen molar-refractivity contribution in [3.8, 4) is 11.3 Å². The normalized spacial score (nSPS) is 17.4. The number of allylic oxidation sites excluding steroid dienone is 4. The highest BCUT2D eigenvalue weighted by Gasteiger charge is 2.14. The Morgan fingerprint density at radius 1 is 1.06 bits per heavy atom. The number of unbranched alkanes of at least 4 members (excludes halogenated alkanes) is 1.